The van der Waals surface area contributed by atoms with Crippen molar-refractivity contribution in [2.45, 2.75) is 12.5 Å². The summed E-state index contributed by atoms with van der Waals surface area (Å²) in [5, 5.41) is 14.0. The molecule has 0 spiro atoms. The molecule has 1 aromatic rings. The van der Waals surface area contributed by atoms with Crippen LogP contribution in [0.3, 0.4) is 0 Å². The van der Waals surface area contributed by atoms with Gasteiger partial charge in [-0.1, -0.05) is 0 Å². The van der Waals surface area contributed by atoms with E-state index < -0.39 is 4.92 Å². The first kappa shape index (κ1) is 11.9. The molecule has 17 heavy (non-hydrogen) atoms. The lowest BCUT2D eigenvalue weighted by molar-refractivity contribution is -0.384. The van der Waals surface area contributed by atoms with Crippen molar-refractivity contribution in [1.29, 1.82) is 0 Å². The van der Waals surface area contributed by atoms with E-state index in [1.165, 1.54) is 12.1 Å². The SMILES string of the molecule is NNc1ccc([N+](=O)[O-])c(NC2CCSC2)n1. The first-order chi connectivity index (χ1) is 8.20. The van der Waals surface area contributed by atoms with E-state index in [1.54, 1.807) is 0 Å². The van der Waals surface area contributed by atoms with Gasteiger partial charge in [0.05, 0.1) is 4.92 Å². The second-order valence-corrected chi connectivity index (χ2v) is 4.82. The monoisotopic (exact) mass is 255 g/mol. The van der Waals surface area contributed by atoms with Crippen LogP contribution in [0.2, 0.25) is 0 Å². The molecule has 1 saturated heterocycles. The fourth-order valence-electron chi connectivity index (χ4n) is 1.63. The van der Waals surface area contributed by atoms with E-state index in [-0.39, 0.29) is 17.5 Å². The molecule has 1 unspecified atom stereocenters. The Bertz CT molecular complexity index is 422. The quantitative estimate of drug-likeness (QED) is 0.421. The average molecular weight is 255 g/mol. The third-order valence-electron chi connectivity index (χ3n) is 2.49. The maximum absolute atomic E-state index is 10.9. The van der Waals surface area contributed by atoms with E-state index in [4.69, 9.17) is 5.84 Å². The minimum absolute atomic E-state index is 0.0269. The Hall–Kier alpha value is -1.54. The summed E-state index contributed by atoms with van der Waals surface area (Å²) in [7, 11) is 0. The number of nitrogens with one attached hydrogen (secondary N) is 2. The molecule has 7 nitrogen and oxygen atoms in total. The van der Waals surface area contributed by atoms with Gasteiger partial charge in [0, 0.05) is 17.9 Å². The molecule has 1 fully saturated rings. The van der Waals surface area contributed by atoms with E-state index in [0.717, 1.165) is 17.9 Å². The highest BCUT2D eigenvalue weighted by Crippen LogP contribution is 2.27. The van der Waals surface area contributed by atoms with Crippen molar-refractivity contribution in [2.24, 2.45) is 5.84 Å². The summed E-state index contributed by atoms with van der Waals surface area (Å²) in [6, 6.07) is 3.11. The number of aromatic nitrogens is 1. The molecule has 1 aromatic heterocycles. The Morgan fingerprint density at radius 1 is 1.59 bits per heavy atom. The summed E-state index contributed by atoms with van der Waals surface area (Å²) in [6.45, 7) is 0. The van der Waals surface area contributed by atoms with Crippen LogP contribution in [0.25, 0.3) is 0 Å². The topological polar surface area (TPSA) is 106 Å². The number of thioether (sulfide) groups is 1. The van der Waals surface area contributed by atoms with Gasteiger partial charge in [-0.15, -0.1) is 0 Å². The van der Waals surface area contributed by atoms with Gasteiger partial charge >= 0.3 is 5.69 Å². The van der Waals surface area contributed by atoms with Gasteiger partial charge in [-0.3, -0.25) is 10.1 Å². The van der Waals surface area contributed by atoms with Crippen molar-refractivity contribution in [3.63, 3.8) is 0 Å². The van der Waals surface area contributed by atoms with Crippen LogP contribution < -0.4 is 16.6 Å². The molecule has 1 aliphatic rings. The molecule has 0 saturated carbocycles. The van der Waals surface area contributed by atoms with Gasteiger partial charge in [-0.05, 0) is 18.2 Å². The normalized spacial score (nSPS) is 19.0. The lowest BCUT2D eigenvalue weighted by Crippen LogP contribution is -2.20. The van der Waals surface area contributed by atoms with Crippen molar-refractivity contribution in [2.75, 3.05) is 22.2 Å². The average Bonchev–Trinajstić information content (AvgIpc) is 2.81. The van der Waals surface area contributed by atoms with E-state index in [9.17, 15) is 10.1 Å². The van der Waals surface area contributed by atoms with Crippen molar-refractivity contribution in [1.82, 2.24) is 4.98 Å². The van der Waals surface area contributed by atoms with E-state index >= 15 is 0 Å². The summed E-state index contributed by atoms with van der Waals surface area (Å²) in [6.07, 6.45) is 0.990. The summed E-state index contributed by atoms with van der Waals surface area (Å²) in [4.78, 5) is 14.5. The predicted molar refractivity (Wildman–Crippen MR) is 68.1 cm³/mol. The summed E-state index contributed by atoms with van der Waals surface area (Å²) >= 11 is 1.83. The van der Waals surface area contributed by atoms with Crippen molar-refractivity contribution in [3.8, 4) is 0 Å². The van der Waals surface area contributed by atoms with Gasteiger partial charge in [0.25, 0.3) is 0 Å². The Balaban J connectivity index is 2.24. The summed E-state index contributed by atoms with van der Waals surface area (Å²) in [5.74, 6) is 7.93. The number of hydrogen-bond donors (Lipinski definition) is 3. The third kappa shape index (κ3) is 2.77. The zero-order chi connectivity index (χ0) is 12.3. The minimum atomic E-state index is -0.447. The number of hydrazine groups is 1. The number of nitrogens with two attached hydrogens (primary N) is 1. The molecule has 0 radical (unpaired) electrons. The van der Waals surface area contributed by atoms with Gasteiger partial charge in [-0.25, -0.2) is 10.8 Å². The number of hydrogen-bond acceptors (Lipinski definition) is 7. The second-order valence-electron chi connectivity index (χ2n) is 3.67. The lowest BCUT2D eigenvalue weighted by Gasteiger charge is -2.12. The van der Waals surface area contributed by atoms with E-state index in [2.05, 4.69) is 15.7 Å². The Morgan fingerprint density at radius 2 is 2.41 bits per heavy atom. The zero-order valence-corrected chi connectivity index (χ0v) is 9.87. The fourth-order valence-corrected chi connectivity index (χ4v) is 2.78. The largest absolute Gasteiger partial charge is 0.361 e. The van der Waals surface area contributed by atoms with Crippen LogP contribution in [-0.4, -0.2) is 27.5 Å². The molecule has 0 bridgehead atoms. The minimum Gasteiger partial charge on any atom is -0.361 e. The Kier molecular flexibility index (Phi) is 3.64. The molecule has 1 aliphatic heterocycles. The van der Waals surface area contributed by atoms with Gasteiger partial charge in [0.1, 0.15) is 5.82 Å². The Labute approximate surface area is 102 Å². The van der Waals surface area contributed by atoms with Crippen LogP contribution in [0.15, 0.2) is 12.1 Å². The van der Waals surface area contributed by atoms with Crippen LogP contribution in [-0.2, 0) is 0 Å². The number of nitrogens with zero attached hydrogens (tertiary/aromatic N) is 2. The van der Waals surface area contributed by atoms with Crippen molar-refractivity contribution >= 4 is 29.1 Å². The maximum atomic E-state index is 10.9. The van der Waals surface area contributed by atoms with E-state index in [0.29, 0.717) is 5.82 Å². The molecule has 92 valence electrons. The number of anilines is 2. The van der Waals surface area contributed by atoms with Gasteiger partial charge in [-0.2, -0.15) is 11.8 Å². The highest BCUT2D eigenvalue weighted by molar-refractivity contribution is 7.99. The highest BCUT2D eigenvalue weighted by Gasteiger charge is 2.21. The predicted octanol–water partition coefficient (Wildman–Crippen LogP) is 1.19. The standard InChI is InChI=1S/C9H13N5O2S/c10-13-8-2-1-7(14(15)16)9(12-8)11-6-3-4-17-5-6/h1-2,6H,3-5,10H2,(H2,11,12,13). The summed E-state index contributed by atoms with van der Waals surface area (Å²) < 4.78 is 0. The van der Waals surface area contributed by atoms with Crippen LogP contribution >= 0.6 is 11.8 Å². The third-order valence-corrected chi connectivity index (χ3v) is 3.65. The molecule has 8 heteroatoms. The van der Waals surface area contributed by atoms with Gasteiger partial charge in [0.15, 0.2) is 0 Å². The smallest absolute Gasteiger partial charge is 0.311 e. The maximum Gasteiger partial charge on any atom is 0.311 e. The number of nitro groups is 1. The van der Waals surface area contributed by atoms with Crippen molar-refractivity contribution in [3.05, 3.63) is 22.2 Å². The molecular weight excluding hydrogens is 242 g/mol. The van der Waals surface area contributed by atoms with Crippen LogP contribution in [0, 0.1) is 10.1 Å². The number of rotatable bonds is 4. The molecule has 2 rings (SSSR count). The highest BCUT2D eigenvalue weighted by atomic mass is 32.2. The summed E-state index contributed by atoms with van der Waals surface area (Å²) in [5.41, 5.74) is 2.35. The molecular formula is C9H13N5O2S. The number of nitrogen functional groups attached to an aromatic ring is 1. The molecule has 0 amide bonds. The van der Waals surface area contributed by atoms with Crippen LogP contribution in [0.1, 0.15) is 6.42 Å². The van der Waals surface area contributed by atoms with E-state index in [1.807, 2.05) is 11.8 Å². The lowest BCUT2D eigenvalue weighted by atomic mass is 10.2. The Morgan fingerprint density at radius 3 is 3.00 bits per heavy atom. The van der Waals surface area contributed by atoms with Crippen molar-refractivity contribution < 1.29 is 4.92 Å². The molecule has 0 aromatic carbocycles. The van der Waals surface area contributed by atoms with Crippen LogP contribution in [0.5, 0.6) is 0 Å². The first-order valence-corrected chi connectivity index (χ1v) is 6.32. The first-order valence-electron chi connectivity index (χ1n) is 5.17. The number of pyridine rings is 1. The molecule has 2 heterocycles. The molecule has 4 N–H and O–H groups in total. The second kappa shape index (κ2) is 5.19. The van der Waals surface area contributed by atoms with Gasteiger partial charge < -0.3 is 10.7 Å². The van der Waals surface area contributed by atoms with Crippen LogP contribution in [0.4, 0.5) is 17.3 Å². The molecule has 0 aliphatic carbocycles. The van der Waals surface area contributed by atoms with Gasteiger partial charge in [0.2, 0.25) is 5.82 Å². The molecule has 1 atom stereocenters. The fraction of sp³-hybridized carbons (Fsp3) is 0.444. The zero-order valence-electron chi connectivity index (χ0n) is 9.05.